The molecule has 0 atom stereocenters. The molecule has 2 aromatic rings. The van der Waals surface area contributed by atoms with Gasteiger partial charge in [-0.25, -0.2) is 4.98 Å². The highest BCUT2D eigenvalue weighted by atomic mass is 32.2. The Morgan fingerprint density at radius 3 is 2.95 bits per heavy atom. The fourth-order valence-electron chi connectivity index (χ4n) is 2.34. The van der Waals surface area contributed by atoms with Crippen molar-refractivity contribution >= 4 is 11.8 Å². The molecule has 0 saturated carbocycles. The molecule has 1 aliphatic carbocycles. The standard InChI is InChI=1S/C14H14N4S/c1-18-9-12(8-16-18)19-14-11(7-15)6-10-4-2-3-5-13(10)17-14/h6,8-9H,2-5H2,1H3. The van der Waals surface area contributed by atoms with Crippen LogP contribution < -0.4 is 0 Å². The second kappa shape index (κ2) is 5.06. The van der Waals surface area contributed by atoms with Crippen LogP contribution in [0, 0.1) is 11.3 Å². The van der Waals surface area contributed by atoms with Gasteiger partial charge in [-0.15, -0.1) is 0 Å². The molecule has 2 aromatic heterocycles. The lowest BCUT2D eigenvalue weighted by Gasteiger charge is -2.16. The van der Waals surface area contributed by atoms with Gasteiger partial charge >= 0.3 is 0 Å². The molecule has 0 fully saturated rings. The normalized spacial score (nSPS) is 13.9. The van der Waals surface area contributed by atoms with Gasteiger partial charge in [-0.05, 0) is 37.3 Å². The van der Waals surface area contributed by atoms with Gasteiger partial charge in [-0.3, -0.25) is 4.68 Å². The Morgan fingerprint density at radius 2 is 2.21 bits per heavy atom. The van der Waals surface area contributed by atoms with Crippen LogP contribution in [0.5, 0.6) is 0 Å². The van der Waals surface area contributed by atoms with Crippen molar-refractivity contribution in [2.45, 2.75) is 35.6 Å². The summed E-state index contributed by atoms with van der Waals surface area (Å²) in [7, 11) is 1.88. The molecule has 0 amide bonds. The molecule has 0 bridgehead atoms. The summed E-state index contributed by atoms with van der Waals surface area (Å²) in [4.78, 5) is 5.71. The molecule has 0 N–H and O–H groups in total. The highest BCUT2D eigenvalue weighted by Crippen LogP contribution is 2.31. The van der Waals surface area contributed by atoms with Gasteiger partial charge < -0.3 is 0 Å². The summed E-state index contributed by atoms with van der Waals surface area (Å²) in [5.41, 5.74) is 3.09. The van der Waals surface area contributed by atoms with Gasteiger partial charge in [-0.1, -0.05) is 11.8 Å². The van der Waals surface area contributed by atoms with Crippen LogP contribution in [0.25, 0.3) is 0 Å². The lowest BCUT2D eigenvalue weighted by Crippen LogP contribution is -2.07. The first kappa shape index (κ1) is 12.2. The fraction of sp³-hybridized carbons (Fsp3) is 0.357. The van der Waals surface area contributed by atoms with Crippen LogP contribution in [0.2, 0.25) is 0 Å². The Hall–Kier alpha value is -1.80. The molecular formula is C14H14N4S. The first-order valence-electron chi connectivity index (χ1n) is 6.35. The SMILES string of the molecule is Cn1cc(Sc2nc3c(cc2C#N)CCCC3)cn1. The van der Waals surface area contributed by atoms with Crippen LogP contribution in [-0.4, -0.2) is 14.8 Å². The molecule has 5 heteroatoms. The molecular weight excluding hydrogens is 256 g/mol. The van der Waals surface area contributed by atoms with Gasteiger partial charge in [0.05, 0.1) is 16.7 Å². The summed E-state index contributed by atoms with van der Waals surface area (Å²) in [6.45, 7) is 0. The van der Waals surface area contributed by atoms with E-state index in [0.29, 0.717) is 5.56 Å². The molecule has 19 heavy (non-hydrogen) atoms. The van der Waals surface area contributed by atoms with E-state index in [1.54, 1.807) is 10.9 Å². The zero-order chi connectivity index (χ0) is 13.2. The van der Waals surface area contributed by atoms with Crippen molar-refractivity contribution < 1.29 is 0 Å². The summed E-state index contributed by atoms with van der Waals surface area (Å²) in [6, 6.07) is 4.28. The summed E-state index contributed by atoms with van der Waals surface area (Å²) >= 11 is 1.52. The molecule has 3 rings (SSSR count). The lowest BCUT2D eigenvalue weighted by atomic mass is 9.95. The summed E-state index contributed by atoms with van der Waals surface area (Å²) in [6.07, 6.45) is 8.22. The highest BCUT2D eigenvalue weighted by Gasteiger charge is 2.16. The summed E-state index contributed by atoms with van der Waals surface area (Å²) in [5, 5.41) is 14.2. The maximum absolute atomic E-state index is 9.28. The quantitative estimate of drug-likeness (QED) is 0.842. The molecule has 96 valence electrons. The third-order valence-electron chi connectivity index (χ3n) is 3.28. The van der Waals surface area contributed by atoms with E-state index >= 15 is 0 Å². The van der Waals surface area contributed by atoms with Crippen LogP contribution in [-0.2, 0) is 19.9 Å². The molecule has 0 aromatic carbocycles. The minimum Gasteiger partial charge on any atom is -0.275 e. The Bertz CT molecular complexity index is 654. The number of nitrogens with zero attached hydrogens (tertiary/aromatic N) is 4. The minimum atomic E-state index is 0.675. The first-order valence-corrected chi connectivity index (χ1v) is 7.17. The molecule has 0 saturated heterocycles. The number of aromatic nitrogens is 3. The minimum absolute atomic E-state index is 0.675. The van der Waals surface area contributed by atoms with E-state index < -0.39 is 0 Å². The molecule has 0 unspecified atom stereocenters. The molecule has 0 radical (unpaired) electrons. The molecule has 4 nitrogen and oxygen atoms in total. The average molecular weight is 270 g/mol. The topological polar surface area (TPSA) is 54.5 Å². The van der Waals surface area contributed by atoms with Crippen LogP contribution >= 0.6 is 11.8 Å². The van der Waals surface area contributed by atoms with Crippen molar-refractivity contribution in [2.75, 3.05) is 0 Å². The third kappa shape index (κ3) is 2.49. The highest BCUT2D eigenvalue weighted by molar-refractivity contribution is 7.99. The molecule has 0 spiro atoms. The van der Waals surface area contributed by atoms with Crippen molar-refractivity contribution in [3.8, 4) is 6.07 Å². The zero-order valence-electron chi connectivity index (χ0n) is 10.8. The van der Waals surface area contributed by atoms with Gasteiger partial charge in [0.15, 0.2) is 0 Å². The number of aryl methyl sites for hydroxylation is 3. The smallest absolute Gasteiger partial charge is 0.119 e. The van der Waals surface area contributed by atoms with Crippen LogP contribution in [0.4, 0.5) is 0 Å². The van der Waals surface area contributed by atoms with Gasteiger partial charge in [0, 0.05) is 18.9 Å². The third-order valence-corrected chi connectivity index (χ3v) is 4.23. The van der Waals surface area contributed by atoms with Crippen molar-refractivity contribution in [1.29, 1.82) is 5.26 Å². The van der Waals surface area contributed by atoms with E-state index in [1.165, 1.54) is 30.2 Å². The summed E-state index contributed by atoms with van der Waals surface area (Å²) in [5.74, 6) is 0. The zero-order valence-corrected chi connectivity index (χ0v) is 11.6. The maximum Gasteiger partial charge on any atom is 0.119 e. The van der Waals surface area contributed by atoms with Crippen LogP contribution in [0.3, 0.4) is 0 Å². The van der Waals surface area contributed by atoms with E-state index in [0.717, 1.165) is 28.5 Å². The average Bonchev–Trinajstić information content (AvgIpc) is 2.83. The fourth-order valence-corrected chi connectivity index (χ4v) is 3.23. The van der Waals surface area contributed by atoms with Crippen molar-refractivity contribution in [3.05, 3.63) is 35.3 Å². The van der Waals surface area contributed by atoms with Crippen LogP contribution in [0.15, 0.2) is 28.4 Å². The molecule has 1 aliphatic rings. The van der Waals surface area contributed by atoms with Gasteiger partial charge in [0.1, 0.15) is 11.1 Å². The Morgan fingerprint density at radius 1 is 1.37 bits per heavy atom. The number of pyridine rings is 1. The molecule has 2 heterocycles. The number of rotatable bonds is 2. The predicted molar refractivity (Wildman–Crippen MR) is 72.9 cm³/mol. The largest absolute Gasteiger partial charge is 0.275 e. The van der Waals surface area contributed by atoms with E-state index in [9.17, 15) is 5.26 Å². The summed E-state index contributed by atoms with van der Waals surface area (Å²) < 4.78 is 1.76. The van der Waals surface area contributed by atoms with Crippen molar-refractivity contribution in [1.82, 2.24) is 14.8 Å². The number of hydrogen-bond donors (Lipinski definition) is 0. The maximum atomic E-state index is 9.28. The van der Waals surface area contributed by atoms with E-state index in [2.05, 4.69) is 11.2 Å². The first-order chi connectivity index (χ1) is 9.26. The van der Waals surface area contributed by atoms with Crippen molar-refractivity contribution in [2.24, 2.45) is 7.05 Å². The number of fused-ring (bicyclic) bond motifs is 1. The van der Waals surface area contributed by atoms with Crippen LogP contribution in [0.1, 0.15) is 29.7 Å². The number of nitriles is 1. The number of hydrogen-bond acceptors (Lipinski definition) is 4. The Labute approximate surface area is 116 Å². The van der Waals surface area contributed by atoms with Gasteiger partial charge in [-0.2, -0.15) is 10.4 Å². The van der Waals surface area contributed by atoms with E-state index in [1.807, 2.05) is 19.3 Å². The van der Waals surface area contributed by atoms with Gasteiger partial charge in [0.2, 0.25) is 0 Å². The lowest BCUT2D eigenvalue weighted by molar-refractivity contribution is 0.660. The Kier molecular flexibility index (Phi) is 3.26. The molecule has 0 aliphatic heterocycles. The Balaban J connectivity index is 1.98. The van der Waals surface area contributed by atoms with Gasteiger partial charge in [0.25, 0.3) is 0 Å². The predicted octanol–water partition coefficient (Wildman–Crippen LogP) is 2.72. The monoisotopic (exact) mass is 270 g/mol. The van der Waals surface area contributed by atoms with E-state index in [-0.39, 0.29) is 0 Å². The second-order valence-electron chi connectivity index (χ2n) is 4.72. The van der Waals surface area contributed by atoms with Crippen molar-refractivity contribution in [3.63, 3.8) is 0 Å². The van der Waals surface area contributed by atoms with E-state index in [4.69, 9.17) is 4.98 Å². The second-order valence-corrected chi connectivity index (χ2v) is 5.78.